The minimum Gasteiger partial charge on any atom is -0.507 e. The van der Waals surface area contributed by atoms with Crippen molar-refractivity contribution in [3.8, 4) is 5.75 Å². The van der Waals surface area contributed by atoms with E-state index >= 15 is 0 Å². The topological polar surface area (TPSA) is 92.7 Å². The molecule has 29 heavy (non-hydrogen) atoms. The fourth-order valence-corrected chi connectivity index (χ4v) is 3.82. The van der Waals surface area contributed by atoms with Crippen molar-refractivity contribution in [1.29, 1.82) is 0 Å². The maximum atomic E-state index is 12.5. The summed E-state index contributed by atoms with van der Waals surface area (Å²) in [6, 6.07) is 9.18. The van der Waals surface area contributed by atoms with E-state index < -0.39 is 5.63 Å². The number of nitrogens with zero attached hydrogens (tertiary/aromatic N) is 3. The zero-order valence-electron chi connectivity index (χ0n) is 16.9. The quantitative estimate of drug-likeness (QED) is 0.688. The Balaban J connectivity index is 1.87. The molecule has 3 heterocycles. The summed E-state index contributed by atoms with van der Waals surface area (Å²) in [5.74, 6) is 0.236. The predicted molar refractivity (Wildman–Crippen MR) is 112 cm³/mol. The number of aromatic hydroxyl groups is 1. The van der Waals surface area contributed by atoms with Gasteiger partial charge in [0.15, 0.2) is 0 Å². The van der Waals surface area contributed by atoms with Crippen LogP contribution < -0.4 is 10.9 Å². The SMILES string of the molecule is Cc1cc(O)c(C2=Nc3ccccc3N[C@@H](c3cnn(C(C)C)c3C)C2)c(=O)o1. The van der Waals surface area contributed by atoms with Crippen molar-refractivity contribution in [1.82, 2.24) is 9.78 Å². The third kappa shape index (κ3) is 3.44. The van der Waals surface area contributed by atoms with Crippen LogP contribution in [0.1, 0.15) is 54.9 Å². The average Bonchev–Trinajstić information content (AvgIpc) is 2.93. The van der Waals surface area contributed by atoms with Gasteiger partial charge in [-0.25, -0.2) is 4.79 Å². The number of fused-ring (bicyclic) bond motifs is 1. The molecule has 7 heteroatoms. The van der Waals surface area contributed by atoms with Gasteiger partial charge in [0.2, 0.25) is 0 Å². The molecule has 0 unspecified atom stereocenters. The van der Waals surface area contributed by atoms with E-state index in [4.69, 9.17) is 9.41 Å². The summed E-state index contributed by atoms with van der Waals surface area (Å²) in [5.41, 5.74) is 3.64. The van der Waals surface area contributed by atoms with Crippen molar-refractivity contribution < 1.29 is 9.52 Å². The van der Waals surface area contributed by atoms with E-state index in [2.05, 4.69) is 24.3 Å². The number of hydrogen-bond donors (Lipinski definition) is 2. The summed E-state index contributed by atoms with van der Waals surface area (Å²) >= 11 is 0. The molecule has 0 saturated carbocycles. The lowest BCUT2D eigenvalue weighted by Gasteiger charge is -2.19. The van der Waals surface area contributed by atoms with Gasteiger partial charge in [0.05, 0.1) is 29.3 Å². The first-order valence-electron chi connectivity index (χ1n) is 9.66. The molecule has 7 nitrogen and oxygen atoms in total. The van der Waals surface area contributed by atoms with Crippen molar-refractivity contribution in [2.45, 2.75) is 46.2 Å². The Bertz CT molecular complexity index is 1160. The fourth-order valence-electron chi connectivity index (χ4n) is 3.82. The molecular weight excluding hydrogens is 368 g/mol. The van der Waals surface area contributed by atoms with E-state index in [0.29, 0.717) is 23.6 Å². The zero-order valence-corrected chi connectivity index (χ0v) is 16.9. The monoisotopic (exact) mass is 392 g/mol. The lowest BCUT2D eigenvalue weighted by molar-refractivity contribution is 0.432. The molecule has 0 bridgehead atoms. The van der Waals surface area contributed by atoms with E-state index in [1.165, 1.54) is 6.07 Å². The highest BCUT2D eigenvalue weighted by molar-refractivity contribution is 6.05. The van der Waals surface area contributed by atoms with Gasteiger partial charge in [-0.15, -0.1) is 0 Å². The van der Waals surface area contributed by atoms with Gasteiger partial charge < -0.3 is 14.8 Å². The van der Waals surface area contributed by atoms with Gasteiger partial charge in [0.1, 0.15) is 17.1 Å². The minimum absolute atomic E-state index is 0.105. The Morgan fingerprint density at radius 3 is 2.72 bits per heavy atom. The molecule has 0 saturated heterocycles. The highest BCUT2D eigenvalue weighted by Crippen LogP contribution is 2.37. The van der Waals surface area contributed by atoms with Crippen LogP contribution in [0.4, 0.5) is 11.4 Å². The van der Waals surface area contributed by atoms with Crippen molar-refractivity contribution >= 4 is 17.1 Å². The second kappa shape index (κ2) is 7.24. The first-order chi connectivity index (χ1) is 13.8. The number of rotatable bonds is 3. The second-order valence-corrected chi connectivity index (χ2v) is 7.61. The Hall–Kier alpha value is -3.35. The number of hydrogen-bond acceptors (Lipinski definition) is 6. The largest absolute Gasteiger partial charge is 0.507 e. The van der Waals surface area contributed by atoms with E-state index in [9.17, 15) is 9.90 Å². The Morgan fingerprint density at radius 1 is 1.28 bits per heavy atom. The first-order valence-corrected chi connectivity index (χ1v) is 9.66. The van der Waals surface area contributed by atoms with Crippen molar-refractivity contribution in [3.05, 3.63) is 69.5 Å². The van der Waals surface area contributed by atoms with E-state index in [-0.39, 0.29) is 23.4 Å². The Kier molecular flexibility index (Phi) is 4.74. The van der Waals surface area contributed by atoms with Crippen LogP contribution in [-0.4, -0.2) is 20.6 Å². The number of benzene rings is 1. The number of nitrogens with one attached hydrogen (secondary N) is 1. The van der Waals surface area contributed by atoms with Gasteiger partial charge in [-0.2, -0.15) is 5.10 Å². The predicted octanol–water partition coefficient (Wildman–Crippen LogP) is 4.42. The third-order valence-electron chi connectivity index (χ3n) is 5.18. The van der Waals surface area contributed by atoms with Crippen LogP contribution in [0, 0.1) is 13.8 Å². The minimum atomic E-state index is -0.589. The molecule has 150 valence electrons. The molecule has 1 aliphatic rings. The van der Waals surface area contributed by atoms with Crippen LogP contribution in [0.2, 0.25) is 0 Å². The number of aliphatic imine (C=N–C) groups is 1. The van der Waals surface area contributed by atoms with Crippen molar-refractivity contribution in [2.24, 2.45) is 4.99 Å². The fraction of sp³-hybridized carbons (Fsp3) is 0.318. The molecule has 1 aromatic carbocycles. The zero-order chi connectivity index (χ0) is 20.7. The Morgan fingerprint density at radius 2 is 2.03 bits per heavy atom. The average molecular weight is 392 g/mol. The lowest BCUT2D eigenvalue weighted by atomic mass is 9.98. The van der Waals surface area contributed by atoms with Gasteiger partial charge in [0.25, 0.3) is 0 Å². The molecule has 0 spiro atoms. The van der Waals surface area contributed by atoms with E-state index in [0.717, 1.165) is 16.9 Å². The molecule has 1 atom stereocenters. The van der Waals surface area contributed by atoms with Gasteiger partial charge in [-0.1, -0.05) is 12.1 Å². The number of anilines is 1. The molecule has 0 aliphatic carbocycles. The van der Waals surface area contributed by atoms with Gasteiger partial charge >= 0.3 is 5.63 Å². The molecule has 2 aromatic heterocycles. The van der Waals surface area contributed by atoms with Gasteiger partial charge in [-0.05, 0) is 39.8 Å². The molecule has 3 aromatic rings. The first kappa shape index (κ1) is 19.0. The number of para-hydroxylation sites is 2. The van der Waals surface area contributed by atoms with Gasteiger partial charge in [0, 0.05) is 29.8 Å². The van der Waals surface area contributed by atoms with Crippen molar-refractivity contribution in [3.63, 3.8) is 0 Å². The van der Waals surface area contributed by atoms with Crippen LogP contribution in [-0.2, 0) is 0 Å². The lowest BCUT2D eigenvalue weighted by Crippen LogP contribution is -2.20. The molecule has 0 fully saturated rings. The van der Waals surface area contributed by atoms with Crippen LogP contribution in [0.3, 0.4) is 0 Å². The molecule has 0 radical (unpaired) electrons. The highest BCUT2D eigenvalue weighted by atomic mass is 16.4. The normalized spacial score (nSPS) is 16.2. The molecule has 0 amide bonds. The maximum absolute atomic E-state index is 12.5. The molecule has 4 rings (SSSR count). The van der Waals surface area contributed by atoms with Crippen LogP contribution >= 0.6 is 0 Å². The van der Waals surface area contributed by atoms with Crippen LogP contribution in [0.15, 0.2) is 50.7 Å². The Labute approximate surface area is 168 Å². The molecule has 1 aliphatic heterocycles. The molecule has 2 N–H and O–H groups in total. The number of aryl methyl sites for hydroxylation is 1. The summed E-state index contributed by atoms with van der Waals surface area (Å²) in [7, 11) is 0. The van der Waals surface area contributed by atoms with E-state index in [1.807, 2.05) is 42.1 Å². The third-order valence-corrected chi connectivity index (χ3v) is 5.18. The summed E-state index contributed by atoms with van der Waals surface area (Å²) in [4.78, 5) is 17.3. The summed E-state index contributed by atoms with van der Waals surface area (Å²) in [6.45, 7) is 7.84. The smallest absolute Gasteiger partial charge is 0.348 e. The molecular formula is C22H24N4O3. The summed E-state index contributed by atoms with van der Waals surface area (Å²) < 4.78 is 7.21. The van der Waals surface area contributed by atoms with E-state index in [1.54, 1.807) is 6.92 Å². The number of aromatic nitrogens is 2. The summed E-state index contributed by atoms with van der Waals surface area (Å²) in [6.07, 6.45) is 2.26. The summed E-state index contributed by atoms with van der Waals surface area (Å²) in [5, 5.41) is 18.5. The van der Waals surface area contributed by atoms with Gasteiger partial charge in [-0.3, -0.25) is 9.67 Å². The highest BCUT2D eigenvalue weighted by Gasteiger charge is 2.27. The second-order valence-electron chi connectivity index (χ2n) is 7.61. The standard InChI is InChI=1S/C22H24N4O3/c1-12(2)26-14(4)15(11-23-26)18-10-19(21-20(27)9-13(3)29-22(21)28)25-17-8-6-5-7-16(17)24-18/h5-9,11-12,18,24,27H,10H2,1-4H3/t18-/m1/s1. The maximum Gasteiger partial charge on any atom is 0.348 e. The van der Waals surface area contributed by atoms with Crippen LogP contribution in [0.5, 0.6) is 5.75 Å². The van der Waals surface area contributed by atoms with Crippen LogP contribution in [0.25, 0.3) is 0 Å². The van der Waals surface area contributed by atoms with Crippen molar-refractivity contribution in [2.75, 3.05) is 5.32 Å².